The lowest BCUT2D eigenvalue weighted by Crippen LogP contribution is -2.36. The van der Waals surface area contributed by atoms with Gasteiger partial charge < -0.3 is 19.7 Å². The highest BCUT2D eigenvalue weighted by atomic mass is 16.7. The Morgan fingerprint density at radius 3 is 2.75 bits per heavy atom. The van der Waals surface area contributed by atoms with Gasteiger partial charge in [0.25, 0.3) is 0 Å². The molecule has 1 heterocycles. The zero-order valence-corrected chi connectivity index (χ0v) is 12.4. The summed E-state index contributed by atoms with van der Waals surface area (Å²) in [5.74, 6) is 1.72. The molecule has 1 N–H and O–H groups in total. The number of nitrogens with zero attached hydrogens (tertiary/aromatic N) is 1. The highest BCUT2D eigenvalue weighted by Crippen LogP contribution is 2.34. The Morgan fingerprint density at radius 2 is 2.00 bits per heavy atom. The zero-order chi connectivity index (χ0) is 13.9. The molecule has 2 aliphatic rings. The van der Waals surface area contributed by atoms with Gasteiger partial charge in [-0.3, -0.25) is 0 Å². The van der Waals surface area contributed by atoms with E-state index in [1.807, 2.05) is 13.1 Å². The van der Waals surface area contributed by atoms with E-state index in [1.165, 1.54) is 31.2 Å². The quantitative estimate of drug-likeness (QED) is 0.896. The van der Waals surface area contributed by atoms with Crippen molar-refractivity contribution < 1.29 is 9.47 Å². The van der Waals surface area contributed by atoms with Crippen LogP contribution in [0.2, 0.25) is 0 Å². The number of hydrogen-bond acceptors (Lipinski definition) is 4. The lowest BCUT2D eigenvalue weighted by Gasteiger charge is -2.29. The predicted octanol–water partition coefficient (Wildman–Crippen LogP) is 2.55. The van der Waals surface area contributed by atoms with E-state index in [4.69, 9.17) is 9.47 Å². The fourth-order valence-electron chi connectivity index (χ4n) is 3.28. The summed E-state index contributed by atoms with van der Waals surface area (Å²) in [6.45, 7) is 1.37. The number of hydrogen-bond donors (Lipinski definition) is 1. The summed E-state index contributed by atoms with van der Waals surface area (Å²) in [4.78, 5) is 2.50. The number of ether oxygens (including phenoxy) is 2. The van der Waals surface area contributed by atoms with E-state index in [0.29, 0.717) is 12.8 Å². The summed E-state index contributed by atoms with van der Waals surface area (Å²) in [7, 11) is 4.27. The minimum absolute atomic E-state index is 0.329. The fourth-order valence-corrected chi connectivity index (χ4v) is 3.28. The summed E-state index contributed by atoms with van der Waals surface area (Å²) < 4.78 is 10.9. The van der Waals surface area contributed by atoms with Crippen LogP contribution in [0.3, 0.4) is 0 Å². The van der Waals surface area contributed by atoms with Crippen molar-refractivity contribution >= 4 is 0 Å². The molecule has 4 nitrogen and oxygen atoms in total. The molecule has 1 atom stereocenters. The van der Waals surface area contributed by atoms with Gasteiger partial charge in [0.2, 0.25) is 6.79 Å². The molecule has 1 unspecified atom stereocenters. The van der Waals surface area contributed by atoms with Crippen molar-refractivity contribution in [3.63, 3.8) is 0 Å². The maximum absolute atomic E-state index is 5.47. The molecule has 0 radical (unpaired) electrons. The third-order valence-corrected chi connectivity index (χ3v) is 4.57. The molecule has 1 aliphatic carbocycles. The third-order valence-electron chi connectivity index (χ3n) is 4.57. The Kier molecular flexibility index (Phi) is 4.13. The van der Waals surface area contributed by atoms with Crippen molar-refractivity contribution in [3.8, 4) is 11.5 Å². The van der Waals surface area contributed by atoms with Crippen LogP contribution in [-0.2, 0) is 0 Å². The molecule has 0 aromatic heterocycles. The van der Waals surface area contributed by atoms with Crippen LogP contribution in [0, 0.1) is 0 Å². The van der Waals surface area contributed by atoms with Crippen molar-refractivity contribution in [2.45, 2.75) is 37.8 Å². The SMILES string of the molecule is CNC(CN(C)C1CCCC1)c1ccc2c(c1)OCO2. The highest BCUT2D eigenvalue weighted by Gasteiger charge is 2.23. The molecule has 0 saturated heterocycles. The number of fused-ring (bicyclic) bond motifs is 1. The van der Waals surface area contributed by atoms with Crippen LogP contribution in [-0.4, -0.2) is 38.4 Å². The van der Waals surface area contributed by atoms with Gasteiger partial charge >= 0.3 is 0 Å². The van der Waals surface area contributed by atoms with Gasteiger partial charge in [-0.25, -0.2) is 0 Å². The van der Waals surface area contributed by atoms with Gasteiger partial charge in [0.1, 0.15) is 0 Å². The van der Waals surface area contributed by atoms with Crippen LogP contribution in [0.5, 0.6) is 11.5 Å². The Bertz CT molecular complexity index is 458. The van der Waals surface area contributed by atoms with E-state index in [9.17, 15) is 0 Å². The second-order valence-corrected chi connectivity index (χ2v) is 5.83. The van der Waals surface area contributed by atoms with Crippen LogP contribution in [0.1, 0.15) is 37.3 Å². The molecule has 3 rings (SSSR count). The van der Waals surface area contributed by atoms with Gasteiger partial charge in [-0.2, -0.15) is 0 Å². The minimum atomic E-state index is 0.329. The molecule has 110 valence electrons. The smallest absolute Gasteiger partial charge is 0.231 e. The lowest BCUT2D eigenvalue weighted by molar-refractivity contribution is 0.174. The van der Waals surface area contributed by atoms with E-state index >= 15 is 0 Å². The van der Waals surface area contributed by atoms with E-state index in [2.05, 4.69) is 29.4 Å². The molecule has 0 bridgehead atoms. The molecule has 0 amide bonds. The van der Waals surface area contributed by atoms with E-state index in [0.717, 1.165) is 24.1 Å². The first kappa shape index (κ1) is 13.7. The van der Waals surface area contributed by atoms with Gasteiger partial charge in [-0.15, -0.1) is 0 Å². The van der Waals surface area contributed by atoms with Crippen molar-refractivity contribution in [2.24, 2.45) is 0 Å². The van der Waals surface area contributed by atoms with E-state index < -0.39 is 0 Å². The first-order valence-corrected chi connectivity index (χ1v) is 7.55. The maximum Gasteiger partial charge on any atom is 0.231 e. The second-order valence-electron chi connectivity index (χ2n) is 5.83. The summed E-state index contributed by atoms with van der Waals surface area (Å²) in [5.41, 5.74) is 1.27. The Labute approximate surface area is 121 Å². The minimum Gasteiger partial charge on any atom is -0.454 e. The first-order valence-electron chi connectivity index (χ1n) is 7.55. The van der Waals surface area contributed by atoms with Gasteiger partial charge in [0.05, 0.1) is 0 Å². The van der Waals surface area contributed by atoms with E-state index in [-0.39, 0.29) is 0 Å². The Morgan fingerprint density at radius 1 is 1.25 bits per heavy atom. The number of likely N-dealkylation sites (N-methyl/N-ethyl adjacent to an activating group) is 2. The molecule has 1 aliphatic heterocycles. The van der Waals surface area contributed by atoms with Gasteiger partial charge in [0.15, 0.2) is 11.5 Å². The van der Waals surface area contributed by atoms with Gasteiger partial charge in [-0.05, 0) is 44.6 Å². The number of nitrogens with one attached hydrogen (secondary N) is 1. The Hall–Kier alpha value is -1.26. The van der Waals surface area contributed by atoms with E-state index in [1.54, 1.807) is 0 Å². The first-order chi connectivity index (χ1) is 9.78. The zero-order valence-electron chi connectivity index (χ0n) is 12.4. The average Bonchev–Trinajstić information content (AvgIpc) is 3.14. The molecule has 1 fully saturated rings. The largest absolute Gasteiger partial charge is 0.454 e. The summed E-state index contributed by atoms with van der Waals surface area (Å²) >= 11 is 0. The molecular formula is C16H24N2O2. The molecule has 4 heteroatoms. The van der Waals surface area contributed by atoms with Crippen molar-refractivity contribution in [3.05, 3.63) is 23.8 Å². The maximum atomic E-state index is 5.47. The van der Waals surface area contributed by atoms with Crippen LogP contribution in [0.4, 0.5) is 0 Å². The van der Waals surface area contributed by atoms with Crippen LogP contribution >= 0.6 is 0 Å². The second kappa shape index (κ2) is 6.02. The molecule has 1 saturated carbocycles. The summed E-state index contributed by atoms with van der Waals surface area (Å²) in [6.07, 6.45) is 5.44. The monoisotopic (exact) mass is 276 g/mol. The Balaban J connectivity index is 1.69. The van der Waals surface area contributed by atoms with Crippen LogP contribution in [0.15, 0.2) is 18.2 Å². The highest BCUT2D eigenvalue weighted by molar-refractivity contribution is 5.45. The van der Waals surface area contributed by atoms with Crippen molar-refractivity contribution in [1.29, 1.82) is 0 Å². The topological polar surface area (TPSA) is 33.7 Å². The van der Waals surface area contributed by atoms with Crippen LogP contribution in [0.25, 0.3) is 0 Å². The lowest BCUT2D eigenvalue weighted by atomic mass is 10.0. The summed E-state index contributed by atoms with van der Waals surface area (Å²) in [5, 5.41) is 3.43. The molecule has 1 aromatic carbocycles. The third kappa shape index (κ3) is 2.76. The molecule has 0 spiro atoms. The standard InChI is InChI=1S/C16H24N2O2/c1-17-14(10-18(2)13-5-3-4-6-13)12-7-8-15-16(9-12)20-11-19-15/h7-9,13-14,17H,3-6,10-11H2,1-2H3. The van der Waals surface area contributed by atoms with Crippen molar-refractivity contribution in [2.75, 3.05) is 27.4 Å². The fraction of sp³-hybridized carbons (Fsp3) is 0.625. The van der Waals surface area contributed by atoms with Crippen molar-refractivity contribution in [1.82, 2.24) is 10.2 Å². The van der Waals surface area contributed by atoms with Gasteiger partial charge in [0, 0.05) is 18.6 Å². The average molecular weight is 276 g/mol. The number of rotatable bonds is 5. The normalized spacial score (nSPS) is 19.8. The number of benzene rings is 1. The molecule has 20 heavy (non-hydrogen) atoms. The molecular weight excluding hydrogens is 252 g/mol. The predicted molar refractivity (Wildman–Crippen MR) is 79.3 cm³/mol. The summed E-state index contributed by atoms with van der Waals surface area (Å²) in [6, 6.07) is 7.33. The van der Waals surface area contributed by atoms with Gasteiger partial charge in [-0.1, -0.05) is 18.9 Å². The molecule has 1 aromatic rings. The van der Waals surface area contributed by atoms with Crippen LogP contribution < -0.4 is 14.8 Å².